The lowest BCUT2D eigenvalue weighted by atomic mass is 9.95. The van der Waals surface area contributed by atoms with E-state index >= 15 is 0 Å². The molecule has 1 aliphatic carbocycles. The predicted octanol–water partition coefficient (Wildman–Crippen LogP) is 5.49. The van der Waals surface area contributed by atoms with Gasteiger partial charge in [0.25, 0.3) is 0 Å². The van der Waals surface area contributed by atoms with Gasteiger partial charge in [-0.15, -0.1) is 0 Å². The van der Waals surface area contributed by atoms with Crippen LogP contribution >= 0.6 is 11.6 Å². The van der Waals surface area contributed by atoms with E-state index in [-0.39, 0.29) is 24.4 Å². The molecule has 1 N–H and O–H groups in total. The van der Waals surface area contributed by atoms with E-state index in [1.165, 1.54) is 11.3 Å². The van der Waals surface area contributed by atoms with Crippen molar-refractivity contribution in [2.45, 2.75) is 83.8 Å². The molecule has 0 spiro atoms. The second kappa shape index (κ2) is 13.5. The number of hydrogen-bond acceptors (Lipinski definition) is 4. The summed E-state index contributed by atoms with van der Waals surface area (Å²) in [7, 11) is -3.78. The Balaban J connectivity index is 1.92. The molecule has 1 aliphatic rings. The molecular formula is C29H40ClN3O4S. The summed E-state index contributed by atoms with van der Waals surface area (Å²) in [6.07, 6.45) is 6.63. The van der Waals surface area contributed by atoms with Gasteiger partial charge >= 0.3 is 0 Å². The van der Waals surface area contributed by atoms with Gasteiger partial charge < -0.3 is 10.2 Å². The average molecular weight is 562 g/mol. The summed E-state index contributed by atoms with van der Waals surface area (Å²) in [5.41, 5.74) is 2.17. The Kier molecular flexibility index (Phi) is 10.6. The highest BCUT2D eigenvalue weighted by atomic mass is 35.5. The molecule has 0 aromatic heterocycles. The van der Waals surface area contributed by atoms with Crippen LogP contribution in [-0.4, -0.2) is 50.0 Å². The van der Waals surface area contributed by atoms with E-state index in [9.17, 15) is 18.0 Å². The van der Waals surface area contributed by atoms with E-state index in [1.54, 1.807) is 24.3 Å². The Morgan fingerprint density at radius 1 is 1.03 bits per heavy atom. The van der Waals surface area contributed by atoms with Gasteiger partial charge in [-0.3, -0.25) is 13.9 Å². The molecule has 0 saturated heterocycles. The summed E-state index contributed by atoms with van der Waals surface area (Å²) in [5, 5.41) is 3.62. The standard InChI is InChI=1S/C29H40ClN3O4S/c1-5-27(29(35)31-24-12-7-6-8-13-24)32(19-23-11-9-10-14-26(23)30)28(34)20-33(38(4,36)37)25-17-15-22(16-18-25)21(2)3/h9-11,14-18,21,24,27H,5-8,12-13,19-20H2,1-4H3,(H,31,35). The number of sulfonamides is 1. The van der Waals surface area contributed by atoms with Crippen molar-refractivity contribution in [1.29, 1.82) is 0 Å². The van der Waals surface area contributed by atoms with Gasteiger partial charge in [0.15, 0.2) is 0 Å². The van der Waals surface area contributed by atoms with Gasteiger partial charge in [-0.25, -0.2) is 8.42 Å². The van der Waals surface area contributed by atoms with Gasteiger partial charge in [0, 0.05) is 17.6 Å². The minimum Gasteiger partial charge on any atom is -0.352 e. The number of carbonyl (C=O) groups is 2. The second-order valence-corrected chi connectivity index (χ2v) is 12.7. The normalized spacial score (nSPS) is 15.2. The van der Waals surface area contributed by atoms with Gasteiger partial charge in [0.05, 0.1) is 11.9 Å². The van der Waals surface area contributed by atoms with Crippen molar-refractivity contribution in [2.24, 2.45) is 0 Å². The van der Waals surface area contributed by atoms with Gasteiger partial charge in [-0.2, -0.15) is 0 Å². The molecule has 1 fully saturated rings. The fourth-order valence-electron chi connectivity index (χ4n) is 4.91. The van der Waals surface area contributed by atoms with Crippen molar-refractivity contribution in [2.75, 3.05) is 17.1 Å². The largest absolute Gasteiger partial charge is 0.352 e. The monoisotopic (exact) mass is 561 g/mol. The van der Waals surface area contributed by atoms with Crippen LogP contribution in [0.25, 0.3) is 0 Å². The van der Waals surface area contributed by atoms with E-state index < -0.39 is 28.5 Å². The van der Waals surface area contributed by atoms with Gasteiger partial charge in [0.1, 0.15) is 12.6 Å². The lowest BCUT2D eigenvalue weighted by Gasteiger charge is -2.34. The lowest BCUT2D eigenvalue weighted by molar-refractivity contribution is -0.140. The second-order valence-electron chi connectivity index (χ2n) is 10.4. The molecule has 1 saturated carbocycles. The van der Waals surface area contributed by atoms with E-state index in [1.807, 2.05) is 31.2 Å². The first-order chi connectivity index (χ1) is 18.0. The molecule has 38 heavy (non-hydrogen) atoms. The maximum Gasteiger partial charge on any atom is 0.244 e. The van der Waals surface area contributed by atoms with Crippen LogP contribution in [-0.2, 0) is 26.2 Å². The van der Waals surface area contributed by atoms with E-state index in [0.717, 1.165) is 41.8 Å². The van der Waals surface area contributed by atoms with Gasteiger partial charge in [0.2, 0.25) is 21.8 Å². The molecule has 7 nitrogen and oxygen atoms in total. The zero-order valence-corrected chi connectivity index (χ0v) is 24.4. The minimum absolute atomic E-state index is 0.0922. The first kappa shape index (κ1) is 30.0. The molecule has 9 heteroatoms. The molecule has 3 rings (SSSR count). The Hall–Kier alpha value is -2.58. The number of hydrogen-bond donors (Lipinski definition) is 1. The Labute approximate surface area is 232 Å². The molecular weight excluding hydrogens is 522 g/mol. The first-order valence-corrected chi connectivity index (χ1v) is 15.6. The molecule has 0 bridgehead atoms. The SMILES string of the molecule is CCC(C(=O)NC1CCCCC1)N(Cc1ccccc1Cl)C(=O)CN(c1ccc(C(C)C)cc1)S(C)(=O)=O. The van der Waals surface area contributed by atoms with Crippen LogP contribution in [0.4, 0.5) is 5.69 Å². The minimum atomic E-state index is -3.78. The fourth-order valence-corrected chi connectivity index (χ4v) is 5.96. The van der Waals surface area contributed by atoms with Crippen LogP contribution in [0.3, 0.4) is 0 Å². The Morgan fingerprint density at radius 3 is 2.21 bits per heavy atom. The van der Waals surface area contributed by atoms with Crippen molar-refractivity contribution in [1.82, 2.24) is 10.2 Å². The number of amides is 2. The van der Waals surface area contributed by atoms with Crippen LogP contribution < -0.4 is 9.62 Å². The highest BCUT2D eigenvalue weighted by molar-refractivity contribution is 7.92. The number of rotatable bonds is 11. The predicted molar refractivity (Wildman–Crippen MR) is 154 cm³/mol. The van der Waals surface area contributed by atoms with Crippen LogP contribution in [0.2, 0.25) is 5.02 Å². The quantitative estimate of drug-likeness (QED) is 0.393. The van der Waals surface area contributed by atoms with E-state index in [4.69, 9.17) is 11.6 Å². The maximum absolute atomic E-state index is 13.9. The third-order valence-electron chi connectivity index (χ3n) is 7.16. The summed E-state index contributed by atoms with van der Waals surface area (Å²) >= 11 is 6.43. The summed E-state index contributed by atoms with van der Waals surface area (Å²) in [6.45, 7) is 5.65. The van der Waals surface area contributed by atoms with E-state index in [0.29, 0.717) is 22.7 Å². The van der Waals surface area contributed by atoms with Crippen molar-refractivity contribution < 1.29 is 18.0 Å². The number of nitrogens with one attached hydrogen (secondary N) is 1. The average Bonchev–Trinajstić information content (AvgIpc) is 2.88. The zero-order chi connectivity index (χ0) is 27.9. The topological polar surface area (TPSA) is 86.8 Å². The van der Waals surface area contributed by atoms with E-state index in [2.05, 4.69) is 19.2 Å². The van der Waals surface area contributed by atoms with Crippen molar-refractivity contribution >= 4 is 39.1 Å². The maximum atomic E-state index is 13.9. The summed E-state index contributed by atoms with van der Waals surface area (Å²) < 4.78 is 26.7. The van der Waals surface area contributed by atoms with Crippen molar-refractivity contribution in [3.8, 4) is 0 Å². The number of benzene rings is 2. The number of anilines is 1. The summed E-state index contributed by atoms with van der Waals surface area (Å²) in [6, 6.07) is 13.7. The first-order valence-electron chi connectivity index (χ1n) is 13.4. The van der Waals surface area contributed by atoms with Crippen molar-refractivity contribution in [3.05, 3.63) is 64.7 Å². The molecule has 2 aromatic carbocycles. The molecule has 0 radical (unpaired) electrons. The molecule has 2 amide bonds. The highest BCUT2D eigenvalue weighted by Gasteiger charge is 2.33. The summed E-state index contributed by atoms with van der Waals surface area (Å²) in [4.78, 5) is 28.8. The van der Waals surface area contributed by atoms with Crippen molar-refractivity contribution in [3.63, 3.8) is 0 Å². The lowest BCUT2D eigenvalue weighted by Crippen LogP contribution is -2.54. The Bertz CT molecular complexity index is 1190. The number of carbonyl (C=O) groups excluding carboxylic acids is 2. The third kappa shape index (κ3) is 7.96. The van der Waals surface area contributed by atoms with Gasteiger partial charge in [-0.1, -0.05) is 82.0 Å². The molecule has 1 atom stereocenters. The smallest absolute Gasteiger partial charge is 0.244 e. The molecule has 0 heterocycles. The van der Waals surface area contributed by atoms with Crippen LogP contribution in [0.5, 0.6) is 0 Å². The third-order valence-corrected chi connectivity index (χ3v) is 8.67. The summed E-state index contributed by atoms with van der Waals surface area (Å²) in [5.74, 6) is -0.391. The highest BCUT2D eigenvalue weighted by Crippen LogP contribution is 2.25. The fraction of sp³-hybridized carbons (Fsp3) is 0.517. The van der Waals surface area contributed by atoms with Gasteiger partial charge in [-0.05, 0) is 54.5 Å². The van der Waals surface area contributed by atoms with Crippen LogP contribution in [0.1, 0.15) is 76.3 Å². The number of halogens is 1. The van der Waals surface area contributed by atoms with Crippen LogP contribution in [0, 0.1) is 0 Å². The molecule has 1 unspecified atom stereocenters. The molecule has 0 aliphatic heterocycles. The molecule has 2 aromatic rings. The zero-order valence-electron chi connectivity index (χ0n) is 22.8. The number of nitrogens with zero attached hydrogens (tertiary/aromatic N) is 2. The molecule has 208 valence electrons. The van der Waals surface area contributed by atoms with Crippen LogP contribution in [0.15, 0.2) is 48.5 Å². The Morgan fingerprint density at radius 2 is 1.66 bits per heavy atom.